The molecular weight excluding hydrogens is 913 g/mol. The Morgan fingerprint density at radius 2 is 0.554 bits per heavy atom. The van der Waals surface area contributed by atoms with Gasteiger partial charge in [-0.1, -0.05) is 286 Å². The maximum atomic E-state index is 12.9. The molecule has 1 atom stereocenters. The minimum atomic E-state index is -0.779. The number of hydrogen-bond acceptors (Lipinski definition) is 6. The highest BCUT2D eigenvalue weighted by atomic mass is 16.6. The number of carbonyl (C=O) groups excluding carboxylic acids is 3. The van der Waals surface area contributed by atoms with Crippen molar-refractivity contribution in [3.63, 3.8) is 0 Å². The molecular formula is C68H118O6. The lowest BCUT2D eigenvalue weighted by Crippen LogP contribution is -2.30. The average Bonchev–Trinajstić information content (AvgIpc) is 3.40. The Morgan fingerprint density at radius 3 is 0.892 bits per heavy atom. The summed E-state index contributed by atoms with van der Waals surface area (Å²) >= 11 is 0. The molecule has 6 nitrogen and oxygen atoms in total. The first kappa shape index (κ1) is 70.6. The second-order valence-corrected chi connectivity index (χ2v) is 20.9. The molecule has 0 aromatic rings. The van der Waals surface area contributed by atoms with Crippen LogP contribution in [-0.4, -0.2) is 37.2 Å². The Morgan fingerprint density at radius 1 is 0.284 bits per heavy atom. The zero-order chi connectivity index (χ0) is 53.6. The molecule has 0 amide bonds. The van der Waals surface area contributed by atoms with Crippen LogP contribution in [-0.2, 0) is 28.6 Å². The molecule has 0 rings (SSSR count). The molecule has 0 aliphatic heterocycles. The minimum absolute atomic E-state index is 0.0784. The molecule has 0 radical (unpaired) electrons. The summed E-state index contributed by atoms with van der Waals surface area (Å²) in [6, 6.07) is 0. The van der Waals surface area contributed by atoms with Gasteiger partial charge in [0.05, 0.1) is 0 Å². The van der Waals surface area contributed by atoms with Crippen LogP contribution in [0.5, 0.6) is 0 Å². The van der Waals surface area contributed by atoms with Crippen molar-refractivity contribution in [1.29, 1.82) is 0 Å². The molecule has 74 heavy (non-hydrogen) atoms. The zero-order valence-electron chi connectivity index (χ0n) is 48.8. The number of ether oxygens (including phenoxy) is 3. The molecule has 0 N–H and O–H groups in total. The van der Waals surface area contributed by atoms with Crippen LogP contribution in [0.15, 0.2) is 85.1 Å². The first-order valence-electron chi connectivity index (χ1n) is 31.6. The van der Waals surface area contributed by atoms with Gasteiger partial charge in [0.15, 0.2) is 6.10 Å². The van der Waals surface area contributed by atoms with E-state index in [9.17, 15) is 14.4 Å². The maximum absolute atomic E-state index is 12.9. The molecule has 1 unspecified atom stereocenters. The van der Waals surface area contributed by atoms with Gasteiger partial charge in [-0.3, -0.25) is 14.4 Å². The number of esters is 3. The van der Waals surface area contributed by atoms with E-state index in [1.165, 1.54) is 161 Å². The summed E-state index contributed by atoms with van der Waals surface area (Å²) in [6.07, 6.45) is 81.7. The lowest BCUT2D eigenvalue weighted by Gasteiger charge is -2.18. The third-order valence-electron chi connectivity index (χ3n) is 13.6. The third kappa shape index (κ3) is 59.5. The monoisotopic (exact) mass is 1030 g/mol. The zero-order valence-corrected chi connectivity index (χ0v) is 48.8. The summed E-state index contributed by atoms with van der Waals surface area (Å²) in [6.45, 7) is 6.48. The topological polar surface area (TPSA) is 78.9 Å². The molecule has 0 heterocycles. The van der Waals surface area contributed by atoms with Crippen molar-refractivity contribution in [2.45, 2.75) is 316 Å². The highest BCUT2D eigenvalue weighted by Gasteiger charge is 2.19. The van der Waals surface area contributed by atoms with E-state index in [-0.39, 0.29) is 31.1 Å². The van der Waals surface area contributed by atoms with Gasteiger partial charge in [0.25, 0.3) is 0 Å². The smallest absolute Gasteiger partial charge is 0.306 e. The van der Waals surface area contributed by atoms with Crippen molar-refractivity contribution in [3.05, 3.63) is 85.1 Å². The van der Waals surface area contributed by atoms with Crippen LogP contribution >= 0.6 is 0 Å². The molecule has 0 aliphatic rings. The summed E-state index contributed by atoms with van der Waals surface area (Å²) in [5, 5.41) is 0. The Hall–Kier alpha value is -3.41. The van der Waals surface area contributed by atoms with Crippen molar-refractivity contribution in [1.82, 2.24) is 0 Å². The highest BCUT2D eigenvalue weighted by Crippen LogP contribution is 2.17. The van der Waals surface area contributed by atoms with Crippen molar-refractivity contribution in [3.8, 4) is 0 Å². The van der Waals surface area contributed by atoms with E-state index in [2.05, 4.69) is 106 Å². The second kappa shape index (κ2) is 62.1. The van der Waals surface area contributed by atoms with Gasteiger partial charge in [-0.05, 0) is 89.9 Å². The number of rotatable bonds is 57. The summed E-state index contributed by atoms with van der Waals surface area (Å²) in [5.41, 5.74) is 0. The third-order valence-corrected chi connectivity index (χ3v) is 13.6. The Balaban J connectivity index is 4.21. The lowest BCUT2D eigenvalue weighted by atomic mass is 10.0. The van der Waals surface area contributed by atoms with Crippen LogP contribution in [0.2, 0.25) is 0 Å². The van der Waals surface area contributed by atoms with E-state index in [1.807, 2.05) is 0 Å². The standard InChI is InChI=1S/C68H118O6/c1-4-7-10-13-16-19-22-24-26-28-29-30-31-32-33-34-35-36-37-38-39-41-42-44-46-49-52-55-58-61-67(70)73-64-65(63-72-66(69)60-57-54-51-48-21-18-15-12-9-6-3)74-68(71)62-59-56-53-50-47-45-43-40-27-25-23-20-17-14-11-8-5-2/h7,10,12,15-16,19,24,26,29-30,32-33,35-36,65H,4-6,8-9,11,13-14,17-18,20-23,25,27-28,31,34,37-64H2,1-3H3/b10-7-,15-12-,19-16-,26-24-,30-29-,33-32-,36-35-. The second-order valence-electron chi connectivity index (χ2n) is 20.9. The van der Waals surface area contributed by atoms with Crippen molar-refractivity contribution >= 4 is 17.9 Å². The minimum Gasteiger partial charge on any atom is -0.462 e. The molecule has 0 aliphatic carbocycles. The predicted molar refractivity (Wildman–Crippen MR) is 321 cm³/mol. The Bertz CT molecular complexity index is 1420. The quantitative estimate of drug-likeness (QED) is 0.0261. The molecule has 0 aromatic carbocycles. The molecule has 0 spiro atoms. The highest BCUT2D eigenvalue weighted by molar-refractivity contribution is 5.71. The van der Waals surface area contributed by atoms with Gasteiger partial charge in [-0.25, -0.2) is 0 Å². The SMILES string of the molecule is CC/C=C\C/C=C\C/C=C\C/C=C\C/C=C\C/C=C\CCCCCCCCCCCCC(=O)OCC(COC(=O)CCCCCCC/C=C\CCC)OC(=O)CCCCCCCCCCCCCCCCCCC. The van der Waals surface area contributed by atoms with Gasteiger partial charge in [-0.15, -0.1) is 0 Å². The van der Waals surface area contributed by atoms with E-state index >= 15 is 0 Å². The van der Waals surface area contributed by atoms with E-state index in [0.29, 0.717) is 19.3 Å². The van der Waals surface area contributed by atoms with Gasteiger partial charge in [0.1, 0.15) is 13.2 Å². The van der Waals surface area contributed by atoms with Gasteiger partial charge in [0, 0.05) is 19.3 Å². The van der Waals surface area contributed by atoms with Gasteiger partial charge in [-0.2, -0.15) is 0 Å². The van der Waals surface area contributed by atoms with E-state index in [0.717, 1.165) is 109 Å². The van der Waals surface area contributed by atoms with Crippen LogP contribution in [0.3, 0.4) is 0 Å². The first-order chi connectivity index (χ1) is 36.5. The number of carbonyl (C=O) groups is 3. The normalized spacial score (nSPS) is 12.6. The van der Waals surface area contributed by atoms with Crippen LogP contribution in [0, 0.1) is 0 Å². The Labute approximate surface area is 458 Å². The van der Waals surface area contributed by atoms with Crippen molar-refractivity contribution in [2.24, 2.45) is 0 Å². The molecule has 0 fully saturated rings. The summed E-state index contributed by atoms with van der Waals surface area (Å²) in [4.78, 5) is 38.2. The molecule has 0 aromatic heterocycles. The summed E-state index contributed by atoms with van der Waals surface area (Å²) in [7, 11) is 0. The van der Waals surface area contributed by atoms with E-state index in [4.69, 9.17) is 14.2 Å². The van der Waals surface area contributed by atoms with Crippen LogP contribution in [0.4, 0.5) is 0 Å². The number of hydrogen-bond donors (Lipinski definition) is 0. The molecule has 0 bridgehead atoms. The van der Waals surface area contributed by atoms with Crippen LogP contribution in [0.1, 0.15) is 310 Å². The summed E-state index contributed by atoms with van der Waals surface area (Å²) < 4.78 is 16.9. The molecule has 0 saturated carbocycles. The molecule has 426 valence electrons. The van der Waals surface area contributed by atoms with Crippen LogP contribution in [0.25, 0.3) is 0 Å². The average molecular weight is 1030 g/mol. The van der Waals surface area contributed by atoms with Crippen LogP contribution < -0.4 is 0 Å². The van der Waals surface area contributed by atoms with Gasteiger partial charge < -0.3 is 14.2 Å². The predicted octanol–water partition coefficient (Wildman–Crippen LogP) is 21.5. The number of unbranched alkanes of at least 4 members (excludes halogenated alkanes) is 32. The Kier molecular flexibility index (Phi) is 59.3. The molecule has 6 heteroatoms. The van der Waals surface area contributed by atoms with Crippen molar-refractivity contribution < 1.29 is 28.6 Å². The lowest BCUT2D eigenvalue weighted by molar-refractivity contribution is -0.167. The number of allylic oxidation sites excluding steroid dienone is 14. The van der Waals surface area contributed by atoms with E-state index in [1.54, 1.807) is 0 Å². The van der Waals surface area contributed by atoms with Gasteiger partial charge in [0.2, 0.25) is 0 Å². The fourth-order valence-corrected chi connectivity index (χ4v) is 8.92. The van der Waals surface area contributed by atoms with Crippen molar-refractivity contribution in [2.75, 3.05) is 13.2 Å². The van der Waals surface area contributed by atoms with E-state index < -0.39 is 6.10 Å². The molecule has 0 saturated heterocycles. The fraction of sp³-hybridized carbons (Fsp3) is 0.750. The largest absolute Gasteiger partial charge is 0.462 e. The first-order valence-corrected chi connectivity index (χ1v) is 31.6. The summed E-state index contributed by atoms with van der Waals surface area (Å²) in [5.74, 6) is -0.881. The maximum Gasteiger partial charge on any atom is 0.306 e. The fourth-order valence-electron chi connectivity index (χ4n) is 8.92. The van der Waals surface area contributed by atoms with Gasteiger partial charge >= 0.3 is 17.9 Å².